The third-order valence-electron chi connectivity index (χ3n) is 19.2. The standard InChI is InChI=1S/C49H69N5O16/c1-44(2)25-8-11-49(7)36(47(25,5)10-9-26(44)67-42-35(31(59)30(58)34(69-42)40(63)64)70-41-32(60)28(56)29(57)33(68-41)39(61)62)24(55)18-22-23-19-46(4,13-12-45(23,3)14-15-48(22,49)6)43(65)66-17-16-54-21-53-27-37(50)51-20-52-38(27)54/h18,20-21,23,25-26,28-36,41-42,56-60H,8-17,19H2,1-7H3,(H,61,62)(H,63,64)(H2,50,51,52)/t23-,25-,26-,28-,29-,30-,31-,32+,33-,34-,35+,36+,41-,42-,45+,46-,47-,48+,49+/m0/s1. The molecule has 0 aromatic carbocycles. The number of allylic oxidation sites excluding steroid dienone is 2. The second-order valence-corrected chi connectivity index (χ2v) is 23.3. The Hall–Kier alpha value is -4.19. The summed E-state index contributed by atoms with van der Waals surface area (Å²) in [6.07, 6.45) is -9.30. The number of carbonyl (C=O) groups is 4. The van der Waals surface area contributed by atoms with Gasteiger partial charge in [-0.25, -0.2) is 24.5 Å². The van der Waals surface area contributed by atoms with Gasteiger partial charge in [0.2, 0.25) is 0 Å². The molecular weight excluding hydrogens is 915 g/mol. The van der Waals surface area contributed by atoms with Crippen molar-refractivity contribution < 1.29 is 78.6 Å². The molecule has 2 aliphatic heterocycles. The van der Waals surface area contributed by atoms with E-state index in [9.17, 15) is 50.1 Å². The second kappa shape index (κ2) is 17.5. The minimum atomic E-state index is -2.06. The number of carbonyl (C=O) groups excluding carboxylic acids is 2. The average molecular weight is 984 g/mol. The summed E-state index contributed by atoms with van der Waals surface area (Å²) in [5, 5.41) is 73.3. The van der Waals surface area contributed by atoms with Crippen LogP contribution < -0.4 is 5.73 Å². The van der Waals surface area contributed by atoms with Gasteiger partial charge in [0.25, 0.3) is 0 Å². The first-order valence-corrected chi connectivity index (χ1v) is 24.5. The van der Waals surface area contributed by atoms with Gasteiger partial charge in [-0.2, -0.15) is 0 Å². The zero-order valence-corrected chi connectivity index (χ0v) is 40.8. The summed E-state index contributed by atoms with van der Waals surface area (Å²) < 4.78 is 31.3. The van der Waals surface area contributed by atoms with E-state index in [1.165, 1.54) is 6.33 Å². The number of ether oxygens (including phenoxy) is 5. The van der Waals surface area contributed by atoms with Crippen molar-refractivity contribution in [2.75, 3.05) is 12.3 Å². The first-order chi connectivity index (χ1) is 32.7. The third-order valence-corrected chi connectivity index (χ3v) is 19.2. The number of aromatic nitrogens is 4. The van der Waals surface area contributed by atoms with Crippen LogP contribution >= 0.6 is 0 Å². The highest BCUT2D eigenvalue weighted by molar-refractivity contribution is 5.96. The van der Waals surface area contributed by atoms with E-state index >= 15 is 4.79 Å². The Morgan fingerprint density at radius 2 is 1.44 bits per heavy atom. The summed E-state index contributed by atoms with van der Waals surface area (Å²) in [4.78, 5) is 66.1. The number of imidazole rings is 1. The number of fused-ring (bicyclic) bond motifs is 8. The summed E-state index contributed by atoms with van der Waals surface area (Å²) in [5.74, 6) is -3.72. The van der Waals surface area contributed by atoms with Gasteiger partial charge in [0.15, 0.2) is 42.0 Å². The van der Waals surface area contributed by atoms with Crippen LogP contribution in [0, 0.1) is 50.2 Å². The largest absolute Gasteiger partial charge is 0.479 e. The van der Waals surface area contributed by atoms with Gasteiger partial charge in [-0.1, -0.05) is 47.1 Å². The number of ketones is 1. The molecule has 0 unspecified atom stereocenters. The summed E-state index contributed by atoms with van der Waals surface area (Å²) in [6.45, 7) is 15.6. The quantitative estimate of drug-likeness (QED) is 0.125. The number of carboxylic acids is 2. The number of esters is 1. The molecule has 19 atom stereocenters. The van der Waals surface area contributed by atoms with E-state index in [1.54, 1.807) is 10.9 Å². The van der Waals surface area contributed by atoms with Crippen LogP contribution in [0.25, 0.3) is 11.2 Å². The number of hydrogen-bond donors (Lipinski definition) is 8. The monoisotopic (exact) mass is 983 g/mol. The van der Waals surface area contributed by atoms with Crippen molar-refractivity contribution in [2.24, 2.45) is 50.2 Å². The van der Waals surface area contributed by atoms with Gasteiger partial charge >= 0.3 is 17.9 Å². The summed E-state index contributed by atoms with van der Waals surface area (Å²) >= 11 is 0. The molecular formula is C49H69N5O16. The SMILES string of the molecule is CC1(C)[C@@H](O[C@H]2O[C@H](C(=O)O)[C@@H](O)[C@H](O)[C@H]2O[C@@H]2O[C@H](C(=O)O)[C@@H](O)[C@H](O)[C@H]2O)CC[C@]2(C)[C@H]3C(=O)C=C4[C@@H]5C[C@@](C)(C(=O)OCCn6cnc7c(N)ncnc76)CC[C@]5(C)CC[C@@]4(C)[C@]3(C)CC[C@@H]12. The summed E-state index contributed by atoms with van der Waals surface area (Å²) in [7, 11) is 0. The molecule has 7 aliphatic rings. The topological polar surface area (TPSA) is 326 Å². The van der Waals surface area contributed by atoms with E-state index in [4.69, 9.17) is 29.4 Å². The van der Waals surface area contributed by atoms with Gasteiger partial charge in [-0.15, -0.1) is 0 Å². The van der Waals surface area contributed by atoms with Crippen LogP contribution in [0.2, 0.25) is 0 Å². The van der Waals surface area contributed by atoms with E-state index < -0.39 is 101 Å². The molecule has 70 heavy (non-hydrogen) atoms. The zero-order chi connectivity index (χ0) is 50.8. The Balaban J connectivity index is 0.943. The number of carboxylic acid groups (broad SMARTS) is 2. The molecule has 21 heteroatoms. The molecule has 0 spiro atoms. The van der Waals surface area contributed by atoms with Crippen molar-refractivity contribution in [2.45, 2.75) is 180 Å². The summed E-state index contributed by atoms with van der Waals surface area (Å²) in [6, 6.07) is 0. The van der Waals surface area contributed by atoms with Crippen LogP contribution in [-0.4, -0.2) is 153 Å². The lowest BCUT2D eigenvalue weighted by Crippen LogP contribution is -2.68. The third kappa shape index (κ3) is 7.70. The number of rotatable bonds is 10. The molecule has 4 saturated carbocycles. The molecule has 386 valence electrons. The van der Waals surface area contributed by atoms with Crippen LogP contribution in [0.1, 0.15) is 106 Å². The van der Waals surface area contributed by atoms with Crippen molar-refractivity contribution in [3.05, 3.63) is 24.3 Å². The van der Waals surface area contributed by atoms with Crippen LogP contribution in [0.4, 0.5) is 5.82 Å². The van der Waals surface area contributed by atoms with Gasteiger partial charge in [0, 0.05) is 5.92 Å². The van der Waals surface area contributed by atoms with Gasteiger partial charge in [-0.05, 0) is 110 Å². The molecule has 4 heterocycles. The number of aliphatic hydroxyl groups excluding tert-OH is 5. The van der Waals surface area contributed by atoms with E-state index in [1.807, 2.05) is 26.8 Å². The molecule has 6 fully saturated rings. The van der Waals surface area contributed by atoms with Gasteiger partial charge in [0.05, 0.1) is 24.4 Å². The highest BCUT2D eigenvalue weighted by Gasteiger charge is 2.71. The Morgan fingerprint density at radius 3 is 2.13 bits per heavy atom. The molecule has 5 aliphatic carbocycles. The average Bonchev–Trinajstić information content (AvgIpc) is 3.71. The van der Waals surface area contributed by atoms with Crippen molar-refractivity contribution >= 4 is 40.7 Å². The number of nitrogens with two attached hydrogens (primary N) is 1. The fraction of sp³-hybridized carbons (Fsp3) is 0.776. The Bertz CT molecular complexity index is 2450. The maximum atomic E-state index is 15.2. The predicted octanol–water partition coefficient (Wildman–Crippen LogP) is 2.13. The van der Waals surface area contributed by atoms with Gasteiger partial charge in [0.1, 0.15) is 55.1 Å². The lowest BCUT2D eigenvalue weighted by atomic mass is 9.33. The first-order valence-electron chi connectivity index (χ1n) is 24.5. The number of aliphatic carboxylic acids is 2. The number of nitrogens with zero attached hydrogens (tertiary/aromatic N) is 4. The van der Waals surface area contributed by atoms with Crippen molar-refractivity contribution in [3.8, 4) is 0 Å². The van der Waals surface area contributed by atoms with E-state index in [-0.39, 0.29) is 52.8 Å². The molecule has 0 amide bonds. The number of aliphatic hydroxyl groups is 5. The maximum absolute atomic E-state index is 15.2. The van der Waals surface area contributed by atoms with Crippen LogP contribution in [0.3, 0.4) is 0 Å². The Morgan fingerprint density at radius 1 is 0.786 bits per heavy atom. The molecule has 9 rings (SSSR count). The molecule has 0 bridgehead atoms. The van der Waals surface area contributed by atoms with Gasteiger partial charge in [-0.3, -0.25) is 9.59 Å². The lowest BCUT2D eigenvalue weighted by molar-refractivity contribution is -0.371. The van der Waals surface area contributed by atoms with E-state index in [0.717, 1.165) is 24.8 Å². The zero-order valence-electron chi connectivity index (χ0n) is 40.8. The van der Waals surface area contributed by atoms with Crippen LogP contribution in [-0.2, 0) is 49.4 Å². The van der Waals surface area contributed by atoms with E-state index in [2.05, 4.69) is 42.6 Å². The summed E-state index contributed by atoms with van der Waals surface area (Å²) in [5.41, 5.74) is 5.17. The van der Waals surface area contributed by atoms with Crippen molar-refractivity contribution in [3.63, 3.8) is 0 Å². The van der Waals surface area contributed by atoms with Crippen molar-refractivity contribution in [1.29, 1.82) is 0 Å². The second-order valence-electron chi connectivity index (χ2n) is 23.3. The fourth-order valence-corrected chi connectivity index (χ4v) is 14.8. The highest BCUT2D eigenvalue weighted by atomic mass is 16.8. The molecule has 21 nitrogen and oxygen atoms in total. The first kappa shape index (κ1) is 50.7. The molecule has 0 radical (unpaired) electrons. The molecule has 2 aromatic heterocycles. The smallest absolute Gasteiger partial charge is 0.335 e. The maximum Gasteiger partial charge on any atom is 0.335 e. The number of hydrogen-bond acceptors (Lipinski definition) is 18. The van der Waals surface area contributed by atoms with Crippen LogP contribution in [0.5, 0.6) is 0 Å². The molecule has 2 aromatic rings. The highest BCUT2D eigenvalue weighted by Crippen LogP contribution is 2.75. The Labute approximate surface area is 405 Å². The number of anilines is 1. The van der Waals surface area contributed by atoms with Crippen LogP contribution in [0.15, 0.2) is 24.3 Å². The normalized spacial score (nSPS) is 45.6. The minimum absolute atomic E-state index is 0.0275. The molecule has 2 saturated heterocycles. The lowest BCUT2D eigenvalue weighted by Gasteiger charge is -2.70. The number of nitrogen functional groups attached to an aromatic ring is 1. The molecule has 9 N–H and O–H groups in total. The fourth-order valence-electron chi connectivity index (χ4n) is 14.8. The predicted molar refractivity (Wildman–Crippen MR) is 242 cm³/mol. The van der Waals surface area contributed by atoms with Gasteiger partial charge < -0.3 is 69.7 Å². The minimum Gasteiger partial charge on any atom is -0.479 e. The van der Waals surface area contributed by atoms with Crippen molar-refractivity contribution in [1.82, 2.24) is 19.5 Å². The Kier molecular flexibility index (Phi) is 12.7. The van der Waals surface area contributed by atoms with E-state index in [0.29, 0.717) is 56.2 Å².